The topological polar surface area (TPSA) is 128 Å². The normalized spacial score (nSPS) is 9.88. The van der Waals surface area contributed by atoms with Gasteiger partial charge in [-0.15, -0.1) is 0 Å². The molecule has 8 nitrogen and oxygen atoms in total. The van der Waals surface area contributed by atoms with Crippen LogP contribution in [-0.4, -0.2) is 23.1 Å². The number of benzene rings is 2. The van der Waals surface area contributed by atoms with Crippen LogP contribution in [0.4, 0.5) is 4.79 Å². The average Bonchev–Trinajstić information content (AvgIpc) is 2.55. The second kappa shape index (κ2) is 7.99. The molecule has 0 aliphatic heterocycles. The minimum atomic E-state index is -1.25. The molecule has 124 valence electrons. The van der Waals surface area contributed by atoms with Gasteiger partial charge in [0, 0.05) is 12.1 Å². The molecule has 1 amide bonds. The van der Waals surface area contributed by atoms with Crippen molar-refractivity contribution in [2.75, 3.05) is 0 Å². The zero-order valence-corrected chi connectivity index (χ0v) is 12.9. The van der Waals surface area contributed by atoms with Gasteiger partial charge in [0.2, 0.25) is 0 Å². The smallest absolute Gasteiger partial charge is 0.478 e. The Morgan fingerprint density at radius 2 is 1.42 bits per heavy atom. The molecular weight excluding hydrogens is 336 g/mol. The van der Waals surface area contributed by atoms with E-state index in [-0.39, 0.29) is 22.6 Å². The van der Waals surface area contributed by atoms with Gasteiger partial charge >= 0.3 is 12.1 Å². The van der Waals surface area contributed by atoms with Crippen LogP contribution in [0.3, 0.4) is 0 Å². The standard InChI is InChI=1S/C15H12N2O6S/c16-24-17-13(18)9-5-1-3-7-11(9)22-15(21)23-12-8-4-2-6-10(12)14(19)20/h1-8H,16H2,(H,17,18)(H,19,20). The van der Waals surface area contributed by atoms with Gasteiger partial charge in [-0.1, -0.05) is 24.3 Å². The highest BCUT2D eigenvalue weighted by Gasteiger charge is 2.18. The van der Waals surface area contributed by atoms with Crippen LogP contribution in [0.25, 0.3) is 0 Å². The molecule has 0 unspecified atom stereocenters. The summed E-state index contributed by atoms with van der Waals surface area (Å²) in [5.74, 6) is -2.04. The van der Waals surface area contributed by atoms with Gasteiger partial charge in [0.1, 0.15) is 17.1 Å². The Bertz CT molecular complexity index is 780. The van der Waals surface area contributed by atoms with Crippen molar-refractivity contribution in [3.05, 3.63) is 59.7 Å². The summed E-state index contributed by atoms with van der Waals surface area (Å²) < 4.78 is 12.2. The van der Waals surface area contributed by atoms with Crippen molar-refractivity contribution in [2.24, 2.45) is 5.14 Å². The summed E-state index contributed by atoms with van der Waals surface area (Å²) in [6, 6.07) is 11.5. The van der Waals surface area contributed by atoms with Crippen molar-refractivity contribution in [3.8, 4) is 11.5 Å². The molecule has 0 aromatic heterocycles. The summed E-state index contributed by atoms with van der Waals surface area (Å²) in [7, 11) is 0. The highest BCUT2D eigenvalue weighted by atomic mass is 32.2. The first-order valence-electron chi connectivity index (χ1n) is 6.50. The third-order valence-corrected chi connectivity index (χ3v) is 3.09. The van der Waals surface area contributed by atoms with E-state index in [1.54, 1.807) is 12.1 Å². The summed E-state index contributed by atoms with van der Waals surface area (Å²) in [6.45, 7) is 0. The number of carbonyl (C=O) groups is 3. The molecule has 24 heavy (non-hydrogen) atoms. The van der Waals surface area contributed by atoms with Gasteiger partial charge in [-0.2, -0.15) is 0 Å². The van der Waals surface area contributed by atoms with Gasteiger partial charge in [0.25, 0.3) is 5.91 Å². The SMILES string of the molecule is NSNC(=O)c1ccccc1OC(=O)Oc1ccccc1C(=O)O. The van der Waals surface area contributed by atoms with Crippen LogP contribution in [0, 0.1) is 0 Å². The largest absolute Gasteiger partial charge is 0.519 e. The Balaban J connectivity index is 2.17. The minimum absolute atomic E-state index is 0.0538. The molecule has 0 saturated heterocycles. The number of ether oxygens (including phenoxy) is 2. The van der Waals surface area contributed by atoms with Crippen LogP contribution in [0.2, 0.25) is 0 Å². The summed E-state index contributed by atoms with van der Waals surface area (Å²) in [5.41, 5.74) is -0.126. The second-order valence-electron chi connectivity index (χ2n) is 4.30. The van der Waals surface area contributed by atoms with E-state index < -0.39 is 18.0 Å². The van der Waals surface area contributed by atoms with Crippen molar-refractivity contribution in [2.45, 2.75) is 0 Å². The lowest BCUT2D eigenvalue weighted by molar-refractivity contribution is 0.0693. The summed E-state index contributed by atoms with van der Waals surface area (Å²) in [4.78, 5) is 34.8. The number of nitrogens with two attached hydrogens (primary N) is 1. The number of nitrogens with one attached hydrogen (secondary N) is 1. The molecule has 0 aliphatic carbocycles. The molecule has 9 heteroatoms. The van der Waals surface area contributed by atoms with Gasteiger partial charge in [-0.05, 0) is 24.3 Å². The first kappa shape index (κ1) is 17.3. The lowest BCUT2D eigenvalue weighted by Gasteiger charge is -2.10. The molecule has 2 aromatic rings. The van der Waals surface area contributed by atoms with E-state index >= 15 is 0 Å². The molecule has 0 aliphatic rings. The third kappa shape index (κ3) is 4.24. The van der Waals surface area contributed by atoms with Crippen molar-refractivity contribution < 1.29 is 29.0 Å². The maximum atomic E-state index is 11.9. The van der Waals surface area contributed by atoms with Crippen molar-refractivity contribution in [1.82, 2.24) is 4.72 Å². The lowest BCUT2D eigenvalue weighted by atomic mass is 10.2. The number of hydrogen-bond donors (Lipinski definition) is 3. The first-order valence-corrected chi connectivity index (χ1v) is 7.38. The van der Waals surface area contributed by atoms with E-state index in [0.29, 0.717) is 12.1 Å². The second-order valence-corrected chi connectivity index (χ2v) is 4.74. The van der Waals surface area contributed by atoms with E-state index in [0.717, 1.165) is 0 Å². The lowest BCUT2D eigenvalue weighted by Crippen LogP contribution is -2.21. The average molecular weight is 348 g/mol. The molecule has 0 heterocycles. The third-order valence-electron chi connectivity index (χ3n) is 2.79. The van der Waals surface area contributed by atoms with Gasteiger partial charge in [0.05, 0.1) is 5.56 Å². The van der Waals surface area contributed by atoms with Crippen LogP contribution < -0.4 is 19.3 Å². The van der Waals surface area contributed by atoms with Gasteiger partial charge in [-0.25, -0.2) is 9.59 Å². The first-order chi connectivity index (χ1) is 11.5. The Hall–Kier alpha value is -3.04. The monoisotopic (exact) mass is 348 g/mol. The zero-order valence-electron chi connectivity index (χ0n) is 12.1. The molecule has 4 N–H and O–H groups in total. The number of rotatable bonds is 5. The number of hydrogen-bond acceptors (Lipinski definition) is 7. The van der Waals surface area contributed by atoms with Gasteiger partial charge in [-0.3, -0.25) is 14.7 Å². The maximum Gasteiger partial charge on any atom is 0.519 e. The molecule has 0 radical (unpaired) electrons. The Morgan fingerprint density at radius 3 is 1.96 bits per heavy atom. The molecule has 0 atom stereocenters. The van der Waals surface area contributed by atoms with Crippen LogP contribution >= 0.6 is 12.1 Å². The zero-order chi connectivity index (χ0) is 17.5. The maximum absolute atomic E-state index is 11.9. The van der Waals surface area contributed by atoms with E-state index in [4.69, 9.17) is 19.7 Å². The molecule has 2 aromatic carbocycles. The van der Waals surface area contributed by atoms with Crippen LogP contribution in [0.15, 0.2) is 48.5 Å². The van der Waals surface area contributed by atoms with E-state index in [1.165, 1.54) is 36.4 Å². The molecule has 0 spiro atoms. The van der Waals surface area contributed by atoms with Crippen molar-refractivity contribution >= 4 is 30.2 Å². The fraction of sp³-hybridized carbons (Fsp3) is 0. The Morgan fingerprint density at radius 1 is 0.917 bits per heavy atom. The number of carboxylic acids is 1. The number of carbonyl (C=O) groups excluding carboxylic acids is 2. The molecule has 0 fully saturated rings. The van der Waals surface area contributed by atoms with Gasteiger partial charge < -0.3 is 14.6 Å². The molecular formula is C15H12N2O6S. The van der Waals surface area contributed by atoms with E-state index in [2.05, 4.69) is 4.72 Å². The van der Waals surface area contributed by atoms with Gasteiger partial charge in [0.15, 0.2) is 0 Å². The Labute approximate surface area is 140 Å². The predicted molar refractivity (Wildman–Crippen MR) is 85.7 cm³/mol. The summed E-state index contributed by atoms with van der Waals surface area (Å²) >= 11 is 0.603. The quantitative estimate of drug-likeness (QED) is 0.426. The number of carboxylic acid groups (broad SMARTS) is 1. The molecule has 0 bridgehead atoms. The van der Waals surface area contributed by atoms with Crippen molar-refractivity contribution in [1.29, 1.82) is 0 Å². The number of amides is 1. The summed E-state index contributed by atoms with van der Waals surface area (Å²) in [6.07, 6.45) is -1.18. The predicted octanol–water partition coefficient (Wildman–Crippen LogP) is 2.21. The van der Waals surface area contributed by atoms with Crippen LogP contribution in [0.5, 0.6) is 11.5 Å². The highest BCUT2D eigenvalue weighted by Crippen LogP contribution is 2.21. The number of para-hydroxylation sites is 2. The van der Waals surface area contributed by atoms with Crippen LogP contribution in [-0.2, 0) is 0 Å². The fourth-order valence-corrected chi connectivity index (χ4v) is 2.00. The fourth-order valence-electron chi connectivity index (χ4n) is 1.78. The van der Waals surface area contributed by atoms with Crippen LogP contribution in [0.1, 0.15) is 20.7 Å². The van der Waals surface area contributed by atoms with Crippen molar-refractivity contribution in [3.63, 3.8) is 0 Å². The minimum Gasteiger partial charge on any atom is -0.478 e. The summed E-state index contributed by atoms with van der Waals surface area (Å²) in [5, 5.41) is 14.2. The molecule has 0 saturated carbocycles. The van der Waals surface area contributed by atoms with E-state index in [1.807, 2.05) is 0 Å². The van der Waals surface area contributed by atoms with E-state index in [9.17, 15) is 14.4 Å². The Kier molecular flexibility index (Phi) is 5.77. The number of aromatic carboxylic acids is 1. The molecule has 2 rings (SSSR count). The highest BCUT2D eigenvalue weighted by molar-refractivity contribution is 7.95.